The number of aliphatic hydroxyl groups excluding tert-OH is 1. The summed E-state index contributed by atoms with van der Waals surface area (Å²) >= 11 is 0. The molecule has 2 rings (SSSR count). The molecule has 6 nitrogen and oxygen atoms in total. The molecule has 1 aliphatic rings. The summed E-state index contributed by atoms with van der Waals surface area (Å²) in [6, 6.07) is 4.43. The van der Waals surface area contributed by atoms with Gasteiger partial charge in [-0.2, -0.15) is 0 Å². The van der Waals surface area contributed by atoms with Gasteiger partial charge in [-0.3, -0.25) is 14.9 Å². The maximum absolute atomic E-state index is 12.4. The average Bonchev–Trinajstić information content (AvgIpc) is 2.94. The Hall–Kier alpha value is -1.95. The summed E-state index contributed by atoms with van der Waals surface area (Å²) in [4.78, 5) is 24.6. The number of nitro benzene ring substituents is 1. The minimum Gasteiger partial charge on any atom is -0.394 e. The van der Waals surface area contributed by atoms with Gasteiger partial charge in [-0.25, -0.2) is 0 Å². The lowest BCUT2D eigenvalue weighted by Gasteiger charge is -2.23. The van der Waals surface area contributed by atoms with E-state index in [9.17, 15) is 20.0 Å². The summed E-state index contributed by atoms with van der Waals surface area (Å²) in [5, 5.41) is 20.3. The van der Waals surface area contributed by atoms with E-state index in [2.05, 4.69) is 0 Å². The Labute approximate surface area is 117 Å². The maximum Gasteiger partial charge on any atom is 0.273 e. The van der Waals surface area contributed by atoms with Crippen LogP contribution < -0.4 is 0 Å². The van der Waals surface area contributed by atoms with Crippen LogP contribution in [0.1, 0.15) is 35.7 Å². The van der Waals surface area contributed by atoms with Crippen molar-refractivity contribution in [3.8, 4) is 0 Å². The van der Waals surface area contributed by atoms with Crippen LogP contribution in [0.25, 0.3) is 0 Å². The number of nitrogens with zero attached hydrogens (tertiary/aromatic N) is 2. The number of carbonyl (C=O) groups excluding carboxylic acids is 1. The highest BCUT2D eigenvalue weighted by atomic mass is 16.6. The van der Waals surface area contributed by atoms with E-state index in [1.54, 1.807) is 17.0 Å². The highest BCUT2D eigenvalue weighted by molar-refractivity contribution is 5.95. The van der Waals surface area contributed by atoms with Crippen LogP contribution in [0.15, 0.2) is 18.2 Å². The number of carbonyl (C=O) groups is 1. The molecule has 1 N–H and O–H groups in total. The fraction of sp³-hybridized carbons (Fsp3) is 0.500. The number of likely N-dealkylation sites (tertiary alicyclic amines) is 1. The van der Waals surface area contributed by atoms with Crippen molar-refractivity contribution in [1.29, 1.82) is 0 Å². The van der Waals surface area contributed by atoms with Crippen LogP contribution in [0.2, 0.25) is 0 Å². The second-order valence-electron chi connectivity index (χ2n) is 4.93. The molecule has 0 spiro atoms. The zero-order valence-corrected chi connectivity index (χ0v) is 11.4. The predicted octanol–water partition coefficient (Wildman–Crippen LogP) is 1.75. The van der Waals surface area contributed by atoms with Crippen molar-refractivity contribution in [2.45, 2.75) is 32.2 Å². The summed E-state index contributed by atoms with van der Waals surface area (Å²) in [5.74, 6) is -0.243. The number of benzene rings is 1. The summed E-state index contributed by atoms with van der Waals surface area (Å²) in [6.45, 7) is 2.36. The Morgan fingerprint density at radius 2 is 2.30 bits per heavy atom. The van der Waals surface area contributed by atoms with Crippen LogP contribution in [0.5, 0.6) is 0 Å². The zero-order valence-electron chi connectivity index (χ0n) is 11.4. The molecule has 0 bridgehead atoms. The van der Waals surface area contributed by atoms with Crippen LogP contribution in [-0.2, 0) is 6.42 Å². The Kier molecular flexibility index (Phi) is 4.34. The lowest BCUT2D eigenvalue weighted by Crippen LogP contribution is -2.37. The first-order chi connectivity index (χ1) is 9.58. The Morgan fingerprint density at radius 3 is 2.90 bits per heavy atom. The molecule has 1 heterocycles. The monoisotopic (exact) mass is 278 g/mol. The molecule has 0 aliphatic carbocycles. The lowest BCUT2D eigenvalue weighted by atomic mass is 10.1. The Balaban J connectivity index is 2.31. The number of hydrogen-bond acceptors (Lipinski definition) is 4. The Bertz CT molecular complexity index is 530. The van der Waals surface area contributed by atoms with Gasteiger partial charge in [0.25, 0.3) is 11.6 Å². The van der Waals surface area contributed by atoms with Crippen LogP contribution in [0, 0.1) is 10.1 Å². The van der Waals surface area contributed by atoms with Crippen molar-refractivity contribution >= 4 is 11.6 Å². The quantitative estimate of drug-likeness (QED) is 0.671. The van der Waals surface area contributed by atoms with E-state index in [1.165, 1.54) is 6.07 Å². The van der Waals surface area contributed by atoms with Crippen molar-refractivity contribution in [1.82, 2.24) is 4.90 Å². The minimum absolute atomic E-state index is 0.0157. The summed E-state index contributed by atoms with van der Waals surface area (Å²) in [6.07, 6.45) is 2.18. The van der Waals surface area contributed by atoms with Crippen molar-refractivity contribution in [3.63, 3.8) is 0 Å². The smallest absolute Gasteiger partial charge is 0.273 e. The van der Waals surface area contributed by atoms with Gasteiger partial charge in [0.05, 0.1) is 17.6 Å². The molecule has 0 aromatic heterocycles. The maximum atomic E-state index is 12.4. The first-order valence-corrected chi connectivity index (χ1v) is 6.77. The van der Waals surface area contributed by atoms with Gasteiger partial charge in [-0.15, -0.1) is 0 Å². The highest BCUT2D eigenvalue weighted by Crippen LogP contribution is 2.24. The fourth-order valence-corrected chi connectivity index (χ4v) is 2.62. The molecule has 1 fully saturated rings. The average molecular weight is 278 g/mol. The molecule has 1 aromatic carbocycles. The molecule has 1 amide bonds. The van der Waals surface area contributed by atoms with Crippen molar-refractivity contribution in [2.24, 2.45) is 0 Å². The number of amides is 1. The van der Waals surface area contributed by atoms with Gasteiger partial charge in [0, 0.05) is 23.7 Å². The molecule has 0 unspecified atom stereocenters. The SMILES string of the molecule is CCc1ccc(C(=O)N2CCC[C@@H]2CO)cc1[N+](=O)[O-]. The number of hydrogen-bond donors (Lipinski definition) is 1. The lowest BCUT2D eigenvalue weighted by molar-refractivity contribution is -0.385. The molecule has 1 atom stereocenters. The molecular formula is C14H18N2O4. The molecule has 108 valence electrons. The van der Waals surface area contributed by atoms with E-state index in [4.69, 9.17) is 0 Å². The van der Waals surface area contributed by atoms with Crippen LogP contribution in [0.4, 0.5) is 5.69 Å². The summed E-state index contributed by atoms with van der Waals surface area (Å²) in [7, 11) is 0. The molecule has 1 aromatic rings. The first-order valence-electron chi connectivity index (χ1n) is 6.77. The Morgan fingerprint density at radius 1 is 1.55 bits per heavy atom. The highest BCUT2D eigenvalue weighted by Gasteiger charge is 2.29. The second-order valence-corrected chi connectivity index (χ2v) is 4.93. The predicted molar refractivity (Wildman–Crippen MR) is 73.6 cm³/mol. The molecular weight excluding hydrogens is 260 g/mol. The number of rotatable bonds is 4. The van der Waals surface area contributed by atoms with Crippen LogP contribution in [0.3, 0.4) is 0 Å². The number of nitro groups is 1. The van der Waals surface area contributed by atoms with Crippen molar-refractivity contribution < 1.29 is 14.8 Å². The second kappa shape index (κ2) is 6.00. The minimum atomic E-state index is -0.455. The van der Waals surface area contributed by atoms with E-state index >= 15 is 0 Å². The fourth-order valence-electron chi connectivity index (χ4n) is 2.62. The third kappa shape index (κ3) is 2.65. The third-order valence-electron chi connectivity index (χ3n) is 3.76. The van der Waals surface area contributed by atoms with E-state index in [0.717, 1.165) is 12.8 Å². The van der Waals surface area contributed by atoms with Gasteiger partial charge in [0.15, 0.2) is 0 Å². The van der Waals surface area contributed by atoms with Gasteiger partial charge in [0.1, 0.15) is 0 Å². The molecule has 6 heteroatoms. The molecule has 1 saturated heterocycles. The van der Waals surface area contributed by atoms with E-state index < -0.39 is 4.92 Å². The topological polar surface area (TPSA) is 83.7 Å². The van der Waals surface area contributed by atoms with Gasteiger partial charge < -0.3 is 10.0 Å². The summed E-state index contributed by atoms with van der Waals surface area (Å²) < 4.78 is 0. The third-order valence-corrected chi connectivity index (χ3v) is 3.76. The van der Waals surface area contributed by atoms with Gasteiger partial charge in [0.2, 0.25) is 0 Å². The van der Waals surface area contributed by atoms with Crippen LogP contribution >= 0.6 is 0 Å². The van der Waals surface area contributed by atoms with E-state index in [-0.39, 0.29) is 24.2 Å². The van der Waals surface area contributed by atoms with E-state index in [1.807, 2.05) is 6.92 Å². The van der Waals surface area contributed by atoms with Gasteiger partial charge in [-0.1, -0.05) is 13.0 Å². The number of aliphatic hydroxyl groups is 1. The molecule has 20 heavy (non-hydrogen) atoms. The summed E-state index contributed by atoms with van der Waals surface area (Å²) in [5.41, 5.74) is 0.916. The van der Waals surface area contributed by atoms with Crippen molar-refractivity contribution in [2.75, 3.05) is 13.2 Å². The van der Waals surface area contributed by atoms with Crippen LogP contribution in [-0.4, -0.2) is 40.0 Å². The molecule has 0 radical (unpaired) electrons. The first kappa shape index (κ1) is 14.5. The number of aryl methyl sites for hydroxylation is 1. The van der Waals surface area contributed by atoms with Crippen molar-refractivity contribution in [3.05, 3.63) is 39.4 Å². The normalized spacial score (nSPS) is 18.3. The van der Waals surface area contributed by atoms with Gasteiger partial charge in [-0.05, 0) is 25.3 Å². The largest absolute Gasteiger partial charge is 0.394 e. The van der Waals surface area contributed by atoms with E-state index in [0.29, 0.717) is 24.1 Å². The molecule has 0 saturated carbocycles. The molecule has 1 aliphatic heterocycles. The standard InChI is InChI=1S/C14H18N2O4/c1-2-10-5-6-11(8-13(10)16(19)20)14(18)15-7-3-4-12(15)9-17/h5-6,8,12,17H,2-4,7,9H2,1H3/t12-/m1/s1. The zero-order chi connectivity index (χ0) is 14.7. The van der Waals surface area contributed by atoms with Gasteiger partial charge >= 0.3 is 0 Å².